The number of hydrogen-bond acceptors (Lipinski definition) is 5. The third-order valence-corrected chi connectivity index (χ3v) is 8.14. The van der Waals surface area contributed by atoms with Gasteiger partial charge in [-0.15, -0.1) is 0 Å². The van der Waals surface area contributed by atoms with Gasteiger partial charge >= 0.3 is 0 Å². The van der Waals surface area contributed by atoms with E-state index in [-0.39, 0.29) is 35.4 Å². The molecule has 0 saturated carbocycles. The Hall–Kier alpha value is -1.45. The minimum Gasteiger partial charge on any atom is -0.393 e. The molecule has 0 amide bonds. The summed E-state index contributed by atoms with van der Waals surface area (Å²) in [5, 5.41) is 29.9. The zero-order valence-corrected chi connectivity index (χ0v) is 20.8. The predicted octanol–water partition coefficient (Wildman–Crippen LogP) is 5.33. The van der Waals surface area contributed by atoms with Crippen molar-refractivity contribution in [1.29, 1.82) is 5.26 Å². The molecule has 6 atom stereocenters. The van der Waals surface area contributed by atoms with Gasteiger partial charge in [0, 0.05) is 12.3 Å². The van der Waals surface area contributed by atoms with Gasteiger partial charge in [-0.25, -0.2) is 0 Å². The second-order valence-electron chi connectivity index (χ2n) is 12.1. The molecule has 0 aromatic heterocycles. The van der Waals surface area contributed by atoms with E-state index in [1.807, 2.05) is 13.8 Å². The largest absolute Gasteiger partial charge is 0.393 e. The van der Waals surface area contributed by atoms with E-state index in [1.165, 1.54) is 5.56 Å². The van der Waals surface area contributed by atoms with Gasteiger partial charge in [0.2, 0.25) is 0 Å². The van der Waals surface area contributed by atoms with E-state index in [4.69, 9.17) is 9.47 Å². The molecular formula is C27H41NO4. The van der Waals surface area contributed by atoms with Gasteiger partial charge < -0.3 is 19.7 Å². The summed E-state index contributed by atoms with van der Waals surface area (Å²) in [6.45, 7) is 15.7. The molecule has 2 fully saturated rings. The fourth-order valence-corrected chi connectivity index (χ4v) is 5.00. The Bertz CT molecular complexity index is 818. The maximum absolute atomic E-state index is 10.4. The van der Waals surface area contributed by atoms with Crippen LogP contribution in [0, 0.1) is 33.5 Å². The number of rotatable bonds is 5. The number of aliphatic hydroxyl groups excluding tert-OH is 2. The van der Waals surface area contributed by atoms with Crippen LogP contribution in [0.15, 0.2) is 24.3 Å². The van der Waals surface area contributed by atoms with Gasteiger partial charge in [-0.2, -0.15) is 5.26 Å². The Kier molecular flexibility index (Phi) is 7.13. The van der Waals surface area contributed by atoms with Gasteiger partial charge in [0.25, 0.3) is 0 Å². The highest BCUT2D eigenvalue weighted by molar-refractivity contribution is 5.29. The molecule has 2 aliphatic rings. The number of aliphatic hydroxyl groups is 2. The molecule has 2 heterocycles. The first-order valence-corrected chi connectivity index (χ1v) is 11.9. The molecule has 5 heteroatoms. The monoisotopic (exact) mass is 443 g/mol. The third-order valence-electron chi connectivity index (χ3n) is 8.14. The lowest BCUT2D eigenvalue weighted by molar-refractivity contribution is -0.251. The van der Waals surface area contributed by atoms with Crippen LogP contribution in [-0.4, -0.2) is 35.3 Å². The van der Waals surface area contributed by atoms with Crippen LogP contribution in [0.2, 0.25) is 0 Å². The highest BCUT2D eigenvalue weighted by Crippen LogP contribution is 2.50. The summed E-state index contributed by atoms with van der Waals surface area (Å²) in [5.41, 5.74) is 1.89. The second kappa shape index (κ2) is 9.06. The van der Waals surface area contributed by atoms with Gasteiger partial charge in [-0.05, 0) is 54.6 Å². The van der Waals surface area contributed by atoms with Crippen LogP contribution < -0.4 is 0 Å². The first kappa shape index (κ1) is 25.2. The average molecular weight is 444 g/mol. The first-order valence-electron chi connectivity index (χ1n) is 11.9. The lowest BCUT2D eigenvalue weighted by Gasteiger charge is -2.44. The van der Waals surface area contributed by atoms with Crippen molar-refractivity contribution in [2.75, 3.05) is 6.61 Å². The molecule has 32 heavy (non-hydrogen) atoms. The molecule has 4 unspecified atom stereocenters. The number of nitrogens with zero attached hydrogens (tertiary/aromatic N) is 1. The standard InChI is InChI=1S/C27H41NO4/c1-25(2,3)20(14-26(4,5)27(6,7)16-28)17-8-10-18(11-9-17)22-12-19-21(29)13-24(30)32-23(19)15-31-22/h8-11,19-24,29-30H,12-15H2,1-7H3/t19-,20?,21?,22?,23?,24-/m0/s1. The molecule has 2 N–H and O–H groups in total. The topological polar surface area (TPSA) is 82.7 Å². The van der Waals surface area contributed by atoms with E-state index in [9.17, 15) is 15.5 Å². The van der Waals surface area contributed by atoms with E-state index in [0.29, 0.717) is 18.9 Å². The van der Waals surface area contributed by atoms with Crippen LogP contribution in [0.4, 0.5) is 0 Å². The van der Waals surface area contributed by atoms with Crippen LogP contribution in [0.3, 0.4) is 0 Å². The summed E-state index contributed by atoms with van der Waals surface area (Å²) in [4.78, 5) is 0. The minimum absolute atomic E-state index is 0.0202. The predicted molar refractivity (Wildman–Crippen MR) is 125 cm³/mol. The highest BCUT2D eigenvalue weighted by atomic mass is 16.6. The van der Waals surface area contributed by atoms with E-state index in [1.54, 1.807) is 0 Å². The number of benzene rings is 1. The smallest absolute Gasteiger partial charge is 0.157 e. The summed E-state index contributed by atoms with van der Waals surface area (Å²) in [7, 11) is 0. The number of nitriles is 1. The van der Waals surface area contributed by atoms with Crippen LogP contribution in [0.5, 0.6) is 0 Å². The van der Waals surface area contributed by atoms with Gasteiger partial charge in [-0.3, -0.25) is 0 Å². The molecule has 2 aliphatic heterocycles. The molecule has 1 aromatic rings. The highest BCUT2D eigenvalue weighted by Gasteiger charge is 2.43. The normalized spacial score (nSPS) is 30.3. The number of hydrogen-bond donors (Lipinski definition) is 2. The fraction of sp³-hybridized carbons (Fsp3) is 0.741. The Morgan fingerprint density at radius 2 is 1.66 bits per heavy atom. The van der Waals surface area contributed by atoms with Crippen molar-refractivity contribution < 1.29 is 19.7 Å². The van der Waals surface area contributed by atoms with E-state index in [0.717, 1.165) is 12.0 Å². The number of ether oxygens (including phenoxy) is 2. The van der Waals surface area contributed by atoms with Crippen molar-refractivity contribution in [3.8, 4) is 6.07 Å². The summed E-state index contributed by atoms with van der Waals surface area (Å²) in [6, 6.07) is 11.2. The molecule has 0 radical (unpaired) electrons. The summed E-state index contributed by atoms with van der Waals surface area (Å²) in [5.74, 6) is 0.291. The zero-order chi connectivity index (χ0) is 23.9. The molecule has 0 aliphatic carbocycles. The van der Waals surface area contributed by atoms with Gasteiger partial charge in [-0.1, -0.05) is 58.9 Å². The quantitative estimate of drug-likeness (QED) is 0.643. The van der Waals surface area contributed by atoms with Crippen LogP contribution in [0.1, 0.15) is 90.9 Å². The van der Waals surface area contributed by atoms with Crippen molar-refractivity contribution in [1.82, 2.24) is 0 Å². The molecular weight excluding hydrogens is 402 g/mol. The van der Waals surface area contributed by atoms with Crippen molar-refractivity contribution in [2.24, 2.45) is 22.2 Å². The summed E-state index contributed by atoms with van der Waals surface area (Å²) in [6.07, 6.45) is 0.0620. The molecule has 5 nitrogen and oxygen atoms in total. The Morgan fingerprint density at radius 3 is 2.22 bits per heavy atom. The van der Waals surface area contributed by atoms with Crippen molar-refractivity contribution in [3.63, 3.8) is 0 Å². The number of fused-ring (bicyclic) bond motifs is 1. The summed E-state index contributed by atoms with van der Waals surface area (Å²) < 4.78 is 11.6. The Morgan fingerprint density at radius 1 is 1.03 bits per heavy atom. The molecule has 0 bridgehead atoms. The average Bonchev–Trinajstić information content (AvgIpc) is 2.71. The molecule has 0 spiro atoms. The van der Waals surface area contributed by atoms with E-state index < -0.39 is 17.8 Å². The Balaban J connectivity index is 1.78. The molecule has 178 valence electrons. The maximum atomic E-state index is 10.4. The Labute approximate surface area is 193 Å². The van der Waals surface area contributed by atoms with Crippen LogP contribution in [0.25, 0.3) is 0 Å². The SMILES string of the molecule is CC(C)(C)C(CC(C)(C)C(C)(C)C#N)c1ccc(C2C[C@H]3C(O)C[C@@H](O)OC3CO2)cc1. The second-order valence-corrected chi connectivity index (χ2v) is 12.1. The van der Waals surface area contributed by atoms with Crippen molar-refractivity contribution >= 4 is 0 Å². The van der Waals surface area contributed by atoms with E-state index in [2.05, 4.69) is 65.0 Å². The minimum atomic E-state index is -0.907. The lowest BCUT2D eigenvalue weighted by atomic mass is 9.60. The summed E-state index contributed by atoms with van der Waals surface area (Å²) >= 11 is 0. The fourth-order valence-electron chi connectivity index (χ4n) is 5.00. The first-order chi connectivity index (χ1) is 14.7. The van der Waals surface area contributed by atoms with Gasteiger partial charge in [0.1, 0.15) is 0 Å². The zero-order valence-electron chi connectivity index (χ0n) is 20.8. The van der Waals surface area contributed by atoms with Crippen LogP contribution in [-0.2, 0) is 9.47 Å². The van der Waals surface area contributed by atoms with Crippen molar-refractivity contribution in [2.45, 2.75) is 98.2 Å². The molecule has 2 saturated heterocycles. The van der Waals surface area contributed by atoms with E-state index >= 15 is 0 Å². The molecule has 3 rings (SSSR count). The van der Waals surface area contributed by atoms with Crippen molar-refractivity contribution in [3.05, 3.63) is 35.4 Å². The molecule has 1 aromatic carbocycles. The third kappa shape index (κ3) is 5.20. The maximum Gasteiger partial charge on any atom is 0.157 e. The van der Waals surface area contributed by atoms with Gasteiger partial charge in [0.15, 0.2) is 6.29 Å². The van der Waals surface area contributed by atoms with Gasteiger partial charge in [0.05, 0.1) is 36.4 Å². The van der Waals surface area contributed by atoms with Crippen LogP contribution >= 0.6 is 0 Å². The lowest BCUT2D eigenvalue weighted by Crippen LogP contribution is -2.49.